The number of esters is 1. The van der Waals surface area contributed by atoms with Crippen molar-refractivity contribution < 1.29 is 29.3 Å². The van der Waals surface area contributed by atoms with Crippen LogP contribution in [0.2, 0.25) is 0 Å². The van der Waals surface area contributed by atoms with Gasteiger partial charge in [-0.15, -0.1) is 0 Å². The number of carbonyl (C=O) groups excluding carboxylic acids is 3. The summed E-state index contributed by atoms with van der Waals surface area (Å²) in [5.74, 6) is -4.01. The second-order valence-electron chi connectivity index (χ2n) is 3.77. The molecule has 2 N–H and O–H groups in total. The van der Waals surface area contributed by atoms with Crippen molar-refractivity contribution in [1.29, 1.82) is 0 Å². The summed E-state index contributed by atoms with van der Waals surface area (Å²) in [7, 11) is 0. The summed E-state index contributed by atoms with van der Waals surface area (Å²) in [6.07, 6.45) is 0.822. The lowest BCUT2D eigenvalue weighted by Crippen LogP contribution is -2.16. The molecular weight excluding hydrogens is 276 g/mol. The molecule has 7 heteroatoms. The van der Waals surface area contributed by atoms with Gasteiger partial charge >= 0.3 is 5.97 Å². The van der Waals surface area contributed by atoms with Crippen LogP contribution in [0.15, 0.2) is 17.2 Å². The lowest BCUT2D eigenvalue weighted by Gasteiger charge is -2.16. The maximum Gasteiger partial charge on any atom is 0.308 e. The van der Waals surface area contributed by atoms with E-state index in [1.807, 2.05) is 0 Å². The molecule has 0 bridgehead atoms. The second-order valence-corrected chi connectivity index (χ2v) is 4.18. The molecule has 0 saturated heterocycles. The normalized spacial score (nSPS) is 13.9. The number of ketones is 2. The molecule has 98 valence electrons. The maximum absolute atomic E-state index is 11.7. The molecule has 0 atom stereocenters. The van der Waals surface area contributed by atoms with Gasteiger partial charge in [0.25, 0.3) is 0 Å². The number of aromatic hydroxyl groups is 2. The van der Waals surface area contributed by atoms with Crippen molar-refractivity contribution >= 4 is 29.1 Å². The van der Waals surface area contributed by atoms with Crippen LogP contribution in [0.5, 0.6) is 17.2 Å². The van der Waals surface area contributed by atoms with E-state index in [1.54, 1.807) is 0 Å². The second kappa shape index (κ2) is 4.40. The van der Waals surface area contributed by atoms with E-state index >= 15 is 0 Å². The molecule has 0 aliphatic heterocycles. The third-order valence-corrected chi connectivity index (χ3v) is 2.73. The molecule has 1 aliphatic rings. The number of phenolic OH excluding ortho intramolecular Hbond substituents is 2. The van der Waals surface area contributed by atoms with Crippen LogP contribution in [0.4, 0.5) is 0 Å². The van der Waals surface area contributed by atoms with Gasteiger partial charge in [0.15, 0.2) is 17.3 Å². The molecule has 19 heavy (non-hydrogen) atoms. The fraction of sp³-hybridized carbons (Fsp3) is 0.0833. The number of allylic oxidation sites excluding steroid dienone is 2. The molecule has 0 radical (unpaired) electrons. The Bertz CT molecular complexity index is 659. The Labute approximate surface area is 111 Å². The summed E-state index contributed by atoms with van der Waals surface area (Å²) in [5.41, 5.74) is -0.850. The highest BCUT2D eigenvalue weighted by molar-refractivity contribution is 6.49. The highest BCUT2D eigenvalue weighted by atomic mass is 35.5. The summed E-state index contributed by atoms with van der Waals surface area (Å²) in [6.45, 7) is 1.08. The largest absolute Gasteiger partial charge is 0.507 e. The number of fused-ring (bicyclic) bond motifs is 1. The smallest absolute Gasteiger partial charge is 0.308 e. The Morgan fingerprint density at radius 3 is 2.47 bits per heavy atom. The minimum absolute atomic E-state index is 0.368. The lowest BCUT2D eigenvalue weighted by molar-refractivity contribution is -0.132. The van der Waals surface area contributed by atoms with Gasteiger partial charge in [-0.05, 0) is 0 Å². The van der Waals surface area contributed by atoms with Crippen molar-refractivity contribution in [2.75, 3.05) is 0 Å². The van der Waals surface area contributed by atoms with Gasteiger partial charge in [0.1, 0.15) is 5.75 Å². The minimum Gasteiger partial charge on any atom is -0.507 e. The van der Waals surface area contributed by atoms with E-state index in [1.165, 1.54) is 0 Å². The van der Waals surface area contributed by atoms with E-state index in [4.69, 9.17) is 11.6 Å². The summed E-state index contributed by atoms with van der Waals surface area (Å²) in [5, 5.41) is 19.2. The molecule has 1 aromatic carbocycles. The third kappa shape index (κ3) is 2.06. The monoisotopic (exact) mass is 282 g/mol. The standard InChI is InChI=1S/C12H7ClO6/c1-4(14)19-8-3-7(16)9-10(12(8)18)6(15)2-5(13)11(9)17/h2-3,16,18H,1H3. The zero-order valence-electron chi connectivity index (χ0n) is 9.56. The molecule has 1 aliphatic carbocycles. The van der Waals surface area contributed by atoms with Crippen molar-refractivity contribution in [1.82, 2.24) is 0 Å². The number of hydrogen-bond acceptors (Lipinski definition) is 6. The highest BCUT2D eigenvalue weighted by Gasteiger charge is 2.32. The minimum atomic E-state index is -0.793. The molecule has 0 unspecified atom stereocenters. The molecule has 0 spiro atoms. The SMILES string of the molecule is CC(=O)Oc1cc(O)c2c(c1O)C(=O)C=C(Cl)C2=O. The summed E-state index contributed by atoms with van der Waals surface area (Å²) in [4.78, 5) is 34.3. The number of rotatable bonds is 1. The van der Waals surface area contributed by atoms with Crippen molar-refractivity contribution in [3.8, 4) is 17.2 Å². The lowest BCUT2D eigenvalue weighted by atomic mass is 9.92. The Balaban J connectivity index is 2.73. The predicted octanol–water partition coefficient (Wildman–Crippen LogP) is 1.52. The topological polar surface area (TPSA) is 101 Å². The first-order valence-corrected chi connectivity index (χ1v) is 5.44. The summed E-state index contributed by atoms with van der Waals surface area (Å²) >= 11 is 5.55. The van der Waals surface area contributed by atoms with E-state index < -0.39 is 45.9 Å². The molecule has 0 heterocycles. The first-order chi connectivity index (χ1) is 8.82. The first-order valence-electron chi connectivity index (χ1n) is 5.06. The molecule has 0 fully saturated rings. The number of Topliss-reactive ketones (excluding diaryl/α,β-unsaturated/α-hetero) is 1. The number of benzene rings is 1. The van der Waals surface area contributed by atoms with Gasteiger partial charge in [-0.25, -0.2) is 0 Å². The quantitative estimate of drug-likeness (QED) is 0.460. The first kappa shape index (κ1) is 13.1. The van der Waals surface area contributed by atoms with E-state index in [0.29, 0.717) is 0 Å². The molecule has 2 rings (SSSR count). The van der Waals surface area contributed by atoms with Crippen LogP contribution >= 0.6 is 11.6 Å². The van der Waals surface area contributed by atoms with Crippen LogP contribution in [0.1, 0.15) is 27.6 Å². The maximum atomic E-state index is 11.7. The number of ether oxygens (including phenoxy) is 1. The molecule has 6 nitrogen and oxygen atoms in total. The van der Waals surface area contributed by atoms with Crippen LogP contribution in [-0.2, 0) is 4.79 Å². The predicted molar refractivity (Wildman–Crippen MR) is 63.7 cm³/mol. The average Bonchev–Trinajstić information content (AvgIpc) is 2.29. The van der Waals surface area contributed by atoms with Gasteiger partial charge in [-0.2, -0.15) is 0 Å². The van der Waals surface area contributed by atoms with Gasteiger partial charge in [-0.1, -0.05) is 11.6 Å². The number of carbonyl (C=O) groups is 3. The fourth-order valence-electron chi connectivity index (χ4n) is 1.71. The van der Waals surface area contributed by atoms with Crippen LogP contribution in [0.25, 0.3) is 0 Å². The zero-order chi connectivity index (χ0) is 14.3. The van der Waals surface area contributed by atoms with Crippen molar-refractivity contribution in [3.63, 3.8) is 0 Å². The molecule has 0 aromatic heterocycles. The summed E-state index contributed by atoms with van der Waals surface area (Å²) in [6, 6.07) is 0.871. The van der Waals surface area contributed by atoms with Gasteiger partial charge in [0, 0.05) is 19.1 Å². The highest BCUT2D eigenvalue weighted by Crippen LogP contribution is 2.42. The van der Waals surface area contributed by atoms with Gasteiger partial charge in [-0.3, -0.25) is 14.4 Å². The van der Waals surface area contributed by atoms with Gasteiger partial charge in [0.05, 0.1) is 16.2 Å². The van der Waals surface area contributed by atoms with Crippen LogP contribution in [0, 0.1) is 0 Å². The fourth-order valence-corrected chi connectivity index (χ4v) is 1.90. The van der Waals surface area contributed by atoms with Crippen LogP contribution in [0.3, 0.4) is 0 Å². The summed E-state index contributed by atoms with van der Waals surface area (Å²) < 4.78 is 4.64. The van der Waals surface area contributed by atoms with E-state index in [0.717, 1.165) is 19.1 Å². The third-order valence-electron chi connectivity index (χ3n) is 2.45. The molecule has 0 saturated carbocycles. The zero-order valence-corrected chi connectivity index (χ0v) is 10.3. The van der Waals surface area contributed by atoms with Crippen molar-refractivity contribution in [2.45, 2.75) is 6.92 Å². The van der Waals surface area contributed by atoms with Gasteiger partial charge in [0.2, 0.25) is 5.78 Å². The van der Waals surface area contributed by atoms with E-state index in [2.05, 4.69) is 4.74 Å². The average molecular weight is 283 g/mol. The molecule has 0 amide bonds. The van der Waals surface area contributed by atoms with Crippen molar-refractivity contribution in [3.05, 3.63) is 28.3 Å². The van der Waals surface area contributed by atoms with Crippen LogP contribution in [-0.4, -0.2) is 27.7 Å². The Kier molecular flexibility index (Phi) is 3.03. The van der Waals surface area contributed by atoms with E-state index in [-0.39, 0.29) is 5.03 Å². The molecule has 1 aromatic rings. The number of phenols is 2. The Morgan fingerprint density at radius 1 is 1.26 bits per heavy atom. The Morgan fingerprint density at radius 2 is 1.89 bits per heavy atom. The molecular formula is C12H7ClO6. The van der Waals surface area contributed by atoms with Crippen LogP contribution < -0.4 is 4.74 Å². The number of hydrogen-bond donors (Lipinski definition) is 2. The van der Waals surface area contributed by atoms with Gasteiger partial charge < -0.3 is 14.9 Å². The Hall–Kier alpha value is -2.34. The van der Waals surface area contributed by atoms with E-state index in [9.17, 15) is 24.6 Å². The van der Waals surface area contributed by atoms with Crippen molar-refractivity contribution in [2.24, 2.45) is 0 Å². The number of halogens is 1.